The lowest BCUT2D eigenvalue weighted by atomic mass is 9.83. The molecule has 2 aromatic carbocycles. The Labute approximate surface area is 165 Å². The van der Waals surface area contributed by atoms with Crippen LogP contribution in [0.15, 0.2) is 67.0 Å². The van der Waals surface area contributed by atoms with Crippen molar-refractivity contribution >= 4 is 23.1 Å². The van der Waals surface area contributed by atoms with Gasteiger partial charge in [0.05, 0.1) is 17.7 Å². The predicted octanol–water partition coefficient (Wildman–Crippen LogP) is 4.61. The van der Waals surface area contributed by atoms with Gasteiger partial charge in [-0.15, -0.1) is 0 Å². The first-order valence-electron chi connectivity index (χ1n) is 8.29. The molecule has 0 fully saturated rings. The lowest BCUT2D eigenvalue weighted by molar-refractivity contribution is 0.0792. The Kier molecular flexibility index (Phi) is 5.92. The van der Waals surface area contributed by atoms with Gasteiger partial charge in [0.15, 0.2) is 5.78 Å². The molecule has 3 aromatic rings. The Bertz CT molecular complexity index is 990. The molecule has 0 saturated carbocycles. The summed E-state index contributed by atoms with van der Waals surface area (Å²) in [5, 5.41) is 19.8. The molecule has 0 radical (unpaired) electrons. The number of hydrogen-bond acceptors (Lipinski definition) is 4. The minimum Gasteiger partial charge on any atom is -0.387 e. The number of aliphatic hydroxyl groups is 1. The lowest BCUT2D eigenvalue weighted by Crippen LogP contribution is -2.31. The first-order valence-corrected chi connectivity index (χ1v) is 8.67. The minimum atomic E-state index is -1.43. The van der Waals surface area contributed by atoms with Crippen LogP contribution in [0.3, 0.4) is 0 Å². The largest absolute Gasteiger partial charge is 0.387 e. The van der Waals surface area contributed by atoms with Crippen LogP contribution in [0, 0.1) is 23.0 Å². The zero-order valence-corrected chi connectivity index (χ0v) is 15.2. The van der Waals surface area contributed by atoms with Crippen molar-refractivity contribution in [2.75, 3.05) is 0 Å². The number of benzene rings is 2. The Hall–Kier alpha value is -2.96. The van der Waals surface area contributed by atoms with Crippen molar-refractivity contribution in [1.29, 1.82) is 5.41 Å². The monoisotopic (exact) mass is 400 g/mol. The van der Waals surface area contributed by atoms with Crippen LogP contribution < -0.4 is 0 Å². The lowest BCUT2D eigenvalue weighted by Gasteiger charge is -2.23. The number of nitrogens with one attached hydrogen (secondary N) is 1. The van der Waals surface area contributed by atoms with Crippen LogP contribution in [-0.2, 0) is 0 Å². The average molecular weight is 401 g/mol. The van der Waals surface area contributed by atoms with Gasteiger partial charge in [-0.2, -0.15) is 0 Å². The summed E-state index contributed by atoms with van der Waals surface area (Å²) in [6, 6.07) is 11.7. The quantitative estimate of drug-likeness (QED) is 0.468. The fourth-order valence-corrected chi connectivity index (χ4v) is 2.99. The van der Waals surface area contributed by atoms with Gasteiger partial charge in [-0.05, 0) is 41.5 Å². The van der Waals surface area contributed by atoms with Crippen LogP contribution in [-0.4, -0.2) is 21.6 Å². The minimum absolute atomic E-state index is 0.206. The summed E-state index contributed by atoms with van der Waals surface area (Å²) < 4.78 is 27.2. The number of ketones is 1. The molecule has 3 rings (SSSR count). The maximum atomic E-state index is 13.6. The second-order valence-electron chi connectivity index (χ2n) is 6.15. The number of carbonyl (C=O) groups is 1. The SMILES string of the molecule is N=C(c1ccc(Cl)cc1)C(C(=O)c1cc(F)cc(F)c1)C(O)c1cccnc1. The van der Waals surface area contributed by atoms with Crippen LogP contribution in [0.1, 0.15) is 27.6 Å². The molecule has 2 atom stereocenters. The Morgan fingerprint density at radius 1 is 1.04 bits per heavy atom. The van der Waals surface area contributed by atoms with E-state index in [2.05, 4.69) is 4.98 Å². The third-order valence-corrected chi connectivity index (χ3v) is 4.49. The molecule has 2 unspecified atom stereocenters. The first-order chi connectivity index (χ1) is 13.4. The molecule has 142 valence electrons. The van der Waals surface area contributed by atoms with E-state index in [0.717, 1.165) is 12.1 Å². The molecule has 1 aromatic heterocycles. The molecule has 28 heavy (non-hydrogen) atoms. The third-order valence-electron chi connectivity index (χ3n) is 4.24. The zero-order valence-electron chi connectivity index (χ0n) is 14.4. The van der Waals surface area contributed by atoms with Crippen LogP contribution in [0.2, 0.25) is 5.02 Å². The number of carbonyl (C=O) groups excluding carboxylic acids is 1. The van der Waals surface area contributed by atoms with Crippen molar-refractivity contribution in [3.05, 3.63) is 100 Å². The third kappa shape index (κ3) is 4.30. The van der Waals surface area contributed by atoms with Crippen molar-refractivity contribution in [1.82, 2.24) is 4.98 Å². The molecule has 0 amide bonds. The summed E-state index contributed by atoms with van der Waals surface area (Å²) in [7, 11) is 0. The van der Waals surface area contributed by atoms with E-state index in [0.29, 0.717) is 22.2 Å². The number of nitrogens with zero attached hydrogens (tertiary/aromatic N) is 1. The van der Waals surface area contributed by atoms with Crippen LogP contribution in [0.5, 0.6) is 0 Å². The van der Waals surface area contributed by atoms with Crippen molar-refractivity contribution in [3.8, 4) is 0 Å². The molecule has 0 aliphatic carbocycles. The molecule has 0 bridgehead atoms. The van der Waals surface area contributed by atoms with E-state index in [1.165, 1.54) is 24.5 Å². The maximum absolute atomic E-state index is 13.6. The van der Waals surface area contributed by atoms with Crippen molar-refractivity contribution in [2.24, 2.45) is 5.92 Å². The van der Waals surface area contributed by atoms with E-state index in [9.17, 15) is 18.7 Å². The van der Waals surface area contributed by atoms with E-state index in [1.807, 2.05) is 0 Å². The van der Waals surface area contributed by atoms with Gasteiger partial charge < -0.3 is 10.5 Å². The Morgan fingerprint density at radius 3 is 2.25 bits per heavy atom. The number of rotatable bonds is 6. The zero-order chi connectivity index (χ0) is 20.3. The highest BCUT2D eigenvalue weighted by atomic mass is 35.5. The highest BCUT2D eigenvalue weighted by molar-refractivity contribution is 6.30. The second kappa shape index (κ2) is 8.37. The van der Waals surface area contributed by atoms with Gasteiger partial charge in [0.1, 0.15) is 11.6 Å². The predicted molar refractivity (Wildman–Crippen MR) is 102 cm³/mol. The summed E-state index contributed by atoms with van der Waals surface area (Å²) >= 11 is 5.87. The fourth-order valence-electron chi connectivity index (χ4n) is 2.86. The van der Waals surface area contributed by atoms with Crippen molar-refractivity contribution < 1.29 is 18.7 Å². The molecule has 0 aliphatic rings. The summed E-state index contributed by atoms with van der Waals surface area (Å²) in [6.07, 6.45) is 1.43. The molecule has 0 aliphatic heterocycles. The van der Waals surface area contributed by atoms with Crippen molar-refractivity contribution in [2.45, 2.75) is 6.10 Å². The van der Waals surface area contributed by atoms with Crippen molar-refractivity contribution in [3.63, 3.8) is 0 Å². The Balaban J connectivity index is 2.06. The first kappa shape index (κ1) is 19.8. The van der Waals surface area contributed by atoms with Gasteiger partial charge >= 0.3 is 0 Å². The molecule has 0 spiro atoms. The normalized spacial score (nSPS) is 13.0. The summed E-state index contributed by atoms with van der Waals surface area (Å²) in [4.78, 5) is 17.0. The standard InChI is InChI=1S/C21H15ClF2N2O2/c22-15-5-3-12(4-6-15)19(25)18(20(27)13-2-1-7-26-11-13)21(28)14-8-16(23)10-17(24)9-14/h1-11,18,20,25,27H. The molecule has 0 saturated heterocycles. The number of pyridine rings is 1. The Morgan fingerprint density at radius 2 is 1.68 bits per heavy atom. The van der Waals surface area contributed by atoms with E-state index in [4.69, 9.17) is 17.0 Å². The van der Waals surface area contributed by atoms with Crippen LogP contribution in [0.4, 0.5) is 8.78 Å². The maximum Gasteiger partial charge on any atom is 0.175 e. The summed E-state index contributed by atoms with van der Waals surface area (Å²) in [5.74, 6) is -4.02. The molecular formula is C21H15ClF2N2O2. The topological polar surface area (TPSA) is 74.0 Å². The van der Waals surface area contributed by atoms with Gasteiger partial charge in [0.2, 0.25) is 0 Å². The number of hydrogen-bond donors (Lipinski definition) is 2. The van der Waals surface area contributed by atoms with Crippen LogP contribution >= 0.6 is 11.6 Å². The molecule has 2 N–H and O–H groups in total. The smallest absolute Gasteiger partial charge is 0.175 e. The molecule has 1 heterocycles. The number of aliphatic hydroxyl groups excluding tert-OH is 1. The van der Waals surface area contributed by atoms with Gasteiger partial charge in [-0.25, -0.2) is 8.78 Å². The summed E-state index contributed by atoms with van der Waals surface area (Å²) in [5.41, 5.74) is 0.172. The highest BCUT2D eigenvalue weighted by Gasteiger charge is 2.34. The molecule has 7 heteroatoms. The number of halogens is 3. The van der Waals surface area contributed by atoms with E-state index < -0.39 is 29.4 Å². The number of Topliss-reactive ketones (excluding diaryl/α,β-unsaturated/α-hetero) is 1. The highest BCUT2D eigenvalue weighted by Crippen LogP contribution is 2.29. The van der Waals surface area contributed by atoms with E-state index >= 15 is 0 Å². The van der Waals surface area contributed by atoms with Gasteiger partial charge in [-0.3, -0.25) is 9.78 Å². The van der Waals surface area contributed by atoms with Gasteiger partial charge in [0.25, 0.3) is 0 Å². The fraction of sp³-hybridized carbons (Fsp3) is 0.0952. The van der Waals surface area contributed by atoms with Gasteiger partial charge in [-0.1, -0.05) is 29.8 Å². The average Bonchev–Trinajstić information content (AvgIpc) is 2.68. The second-order valence-corrected chi connectivity index (χ2v) is 6.59. The molecular weight excluding hydrogens is 386 g/mol. The van der Waals surface area contributed by atoms with Crippen LogP contribution in [0.25, 0.3) is 0 Å². The molecule has 4 nitrogen and oxygen atoms in total. The summed E-state index contributed by atoms with van der Waals surface area (Å²) in [6.45, 7) is 0. The number of aromatic nitrogens is 1. The van der Waals surface area contributed by atoms with Gasteiger partial charge in [0, 0.05) is 29.0 Å². The van der Waals surface area contributed by atoms with E-state index in [1.54, 1.807) is 24.3 Å². The van der Waals surface area contributed by atoms with E-state index in [-0.39, 0.29) is 11.3 Å².